The van der Waals surface area contributed by atoms with Crippen LogP contribution < -0.4 is 5.32 Å². The van der Waals surface area contributed by atoms with Crippen molar-refractivity contribution in [1.82, 2.24) is 9.62 Å². The molecule has 0 aromatic heterocycles. The summed E-state index contributed by atoms with van der Waals surface area (Å²) in [6.45, 7) is 7.29. The number of carbonyl (C=O) groups is 2. The molecule has 1 N–H and O–H groups in total. The van der Waals surface area contributed by atoms with Gasteiger partial charge >= 0.3 is 5.97 Å². The summed E-state index contributed by atoms with van der Waals surface area (Å²) in [7, 11) is -3.75. The summed E-state index contributed by atoms with van der Waals surface area (Å²) in [6.07, 6.45) is 0. The van der Waals surface area contributed by atoms with Gasteiger partial charge in [-0.25, -0.2) is 13.2 Å². The van der Waals surface area contributed by atoms with Crippen LogP contribution in [-0.2, 0) is 26.2 Å². The SMILES string of the molecule is CCN(CC)S(=O)(=O)c1cccc(C(=O)NC(C(=O)OCc2cccc([N+](=O)[O-])c2)C(C)C)c1. The number of hydrogen-bond acceptors (Lipinski definition) is 7. The first-order valence-electron chi connectivity index (χ1n) is 10.8. The van der Waals surface area contributed by atoms with Gasteiger partial charge in [0.25, 0.3) is 11.6 Å². The molecule has 0 aliphatic heterocycles. The minimum Gasteiger partial charge on any atom is -0.459 e. The number of non-ortho nitro benzene ring substituents is 1. The van der Waals surface area contributed by atoms with Crippen molar-refractivity contribution in [2.45, 2.75) is 45.2 Å². The van der Waals surface area contributed by atoms with E-state index in [-0.39, 0.29) is 28.7 Å². The van der Waals surface area contributed by atoms with Crippen LogP contribution in [0.1, 0.15) is 43.6 Å². The lowest BCUT2D eigenvalue weighted by Gasteiger charge is -2.21. The van der Waals surface area contributed by atoms with E-state index in [0.29, 0.717) is 18.7 Å². The van der Waals surface area contributed by atoms with Crippen LogP contribution in [0.15, 0.2) is 53.4 Å². The molecule has 0 saturated heterocycles. The lowest BCUT2D eigenvalue weighted by atomic mass is 10.0. The molecule has 11 heteroatoms. The van der Waals surface area contributed by atoms with Crippen molar-refractivity contribution in [1.29, 1.82) is 0 Å². The number of esters is 1. The molecule has 1 amide bonds. The lowest BCUT2D eigenvalue weighted by molar-refractivity contribution is -0.384. The van der Waals surface area contributed by atoms with Gasteiger partial charge in [0.15, 0.2) is 0 Å². The largest absolute Gasteiger partial charge is 0.459 e. The third-order valence-corrected chi connectivity index (χ3v) is 7.19. The van der Waals surface area contributed by atoms with Gasteiger partial charge in [0.05, 0.1) is 9.82 Å². The number of nitrogens with one attached hydrogen (secondary N) is 1. The summed E-state index contributed by atoms with van der Waals surface area (Å²) < 4.78 is 32.1. The van der Waals surface area contributed by atoms with Crippen molar-refractivity contribution in [3.63, 3.8) is 0 Å². The third-order valence-electron chi connectivity index (χ3n) is 5.15. The fraction of sp³-hybridized carbons (Fsp3) is 0.391. The van der Waals surface area contributed by atoms with Crippen molar-refractivity contribution in [2.24, 2.45) is 5.92 Å². The highest BCUT2D eigenvalue weighted by Gasteiger charge is 2.28. The van der Waals surface area contributed by atoms with Gasteiger partial charge in [-0.1, -0.05) is 45.9 Å². The zero-order chi connectivity index (χ0) is 25.5. The Bertz CT molecular complexity index is 1140. The van der Waals surface area contributed by atoms with Gasteiger partial charge in [0.1, 0.15) is 12.6 Å². The van der Waals surface area contributed by atoms with Gasteiger partial charge in [0, 0.05) is 30.8 Å². The predicted molar refractivity (Wildman–Crippen MR) is 126 cm³/mol. The molecule has 2 aromatic rings. The highest BCUT2D eigenvalue weighted by Crippen LogP contribution is 2.18. The van der Waals surface area contributed by atoms with Crippen molar-refractivity contribution in [3.05, 3.63) is 69.8 Å². The number of amides is 1. The molecule has 34 heavy (non-hydrogen) atoms. The number of hydrogen-bond donors (Lipinski definition) is 1. The Morgan fingerprint density at radius 3 is 2.32 bits per heavy atom. The van der Waals surface area contributed by atoms with Gasteiger partial charge < -0.3 is 10.1 Å². The Kier molecular flexibility index (Phi) is 9.28. The molecule has 10 nitrogen and oxygen atoms in total. The first kappa shape index (κ1) is 26.9. The molecule has 0 heterocycles. The van der Waals surface area contributed by atoms with Crippen LogP contribution in [0.25, 0.3) is 0 Å². The monoisotopic (exact) mass is 491 g/mol. The van der Waals surface area contributed by atoms with E-state index in [1.54, 1.807) is 33.8 Å². The van der Waals surface area contributed by atoms with Gasteiger partial charge in [-0.3, -0.25) is 14.9 Å². The van der Waals surface area contributed by atoms with E-state index in [0.717, 1.165) is 0 Å². The van der Waals surface area contributed by atoms with Gasteiger partial charge in [-0.15, -0.1) is 0 Å². The number of rotatable bonds is 11. The maximum Gasteiger partial charge on any atom is 0.329 e. The zero-order valence-electron chi connectivity index (χ0n) is 19.6. The molecule has 0 aliphatic rings. The predicted octanol–water partition coefficient (Wildman–Crippen LogP) is 3.12. The molecule has 0 spiro atoms. The maximum atomic E-state index is 12.8. The van der Waals surface area contributed by atoms with Crippen LogP contribution in [0.3, 0.4) is 0 Å². The maximum absolute atomic E-state index is 12.8. The Hall–Kier alpha value is -3.31. The molecule has 0 fully saturated rings. The van der Waals surface area contributed by atoms with Crippen molar-refractivity contribution in [3.8, 4) is 0 Å². The van der Waals surface area contributed by atoms with E-state index in [9.17, 15) is 28.1 Å². The number of nitro benzene ring substituents is 1. The standard InChI is InChI=1S/C23H29N3O7S/c1-5-25(6-2)34(31,32)20-12-8-10-18(14-20)22(27)24-21(16(3)4)23(28)33-15-17-9-7-11-19(13-17)26(29)30/h7-14,16,21H,5-6,15H2,1-4H3,(H,24,27). The molecule has 0 bridgehead atoms. The Balaban J connectivity index is 2.15. The lowest BCUT2D eigenvalue weighted by Crippen LogP contribution is -2.45. The average Bonchev–Trinajstić information content (AvgIpc) is 2.81. The van der Waals surface area contributed by atoms with E-state index in [2.05, 4.69) is 5.32 Å². The quantitative estimate of drug-likeness (QED) is 0.290. The number of sulfonamides is 1. The summed E-state index contributed by atoms with van der Waals surface area (Å²) in [5, 5.41) is 13.5. The third kappa shape index (κ3) is 6.61. The minimum atomic E-state index is -3.75. The smallest absolute Gasteiger partial charge is 0.329 e. The summed E-state index contributed by atoms with van der Waals surface area (Å²) in [5.74, 6) is -1.66. The second-order valence-corrected chi connectivity index (χ2v) is 9.78. The summed E-state index contributed by atoms with van der Waals surface area (Å²) in [4.78, 5) is 35.9. The number of benzene rings is 2. The van der Waals surface area contributed by atoms with Crippen molar-refractivity contribution in [2.75, 3.05) is 13.1 Å². The number of nitro groups is 1. The van der Waals surface area contributed by atoms with Crippen LogP contribution in [-0.4, -0.2) is 48.7 Å². The van der Waals surface area contributed by atoms with Crippen molar-refractivity contribution < 1.29 is 27.7 Å². The zero-order valence-corrected chi connectivity index (χ0v) is 20.4. The fourth-order valence-electron chi connectivity index (χ4n) is 3.24. The topological polar surface area (TPSA) is 136 Å². The molecule has 2 rings (SSSR count). The number of nitrogens with zero attached hydrogens (tertiary/aromatic N) is 2. The molecule has 2 aromatic carbocycles. The van der Waals surface area contributed by atoms with Crippen LogP contribution in [0.2, 0.25) is 0 Å². The molecule has 1 unspecified atom stereocenters. The molecular formula is C23H29N3O7S. The Morgan fingerprint density at radius 2 is 1.74 bits per heavy atom. The van der Waals surface area contributed by atoms with Gasteiger partial charge in [-0.05, 0) is 29.7 Å². The van der Waals surface area contributed by atoms with Gasteiger partial charge in [0.2, 0.25) is 10.0 Å². The Labute approximate surface area is 199 Å². The fourth-order valence-corrected chi connectivity index (χ4v) is 4.74. The summed E-state index contributed by atoms with van der Waals surface area (Å²) in [6, 6.07) is 10.3. The number of carbonyl (C=O) groups excluding carboxylic acids is 2. The molecule has 0 aliphatic carbocycles. The van der Waals surface area contributed by atoms with E-state index in [1.165, 1.54) is 46.8 Å². The first-order valence-corrected chi connectivity index (χ1v) is 12.3. The van der Waals surface area contributed by atoms with Gasteiger partial charge in [-0.2, -0.15) is 4.31 Å². The second kappa shape index (κ2) is 11.7. The molecule has 0 saturated carbocycles. The molecule has 1 atom stereocenters. The van der Waals surface area contributed by atoms with Crippen LogP contribution in [0.4, 0.5) is 5.69 Å². The Morgan fingerprint density at radius 1 is 1.09 bits per heavy atom. The van der Waals surface area contributed by atoms with Crippen LogP contribution >= 0.6 is 0 Å². The van der Waals surface area contributed by atoms with Crippen LogP contribution in [0, 0.1) is 16.0 Å². The van der Waals surface area contributed by atoms with E-state index < -0.39 is 32.9 Å². The second-order valence-electron chi connectivity index (χ2n) is 7.85. The molecule has 184 valence electrons. The summed E-state index contributed by atoms with van der Waals surface area (Å²) >= 11 is 0. The van der Waals surface area contributed by atoms with Crippen molar-refractivity contribution >= 4 is 27.6 Å². The minimum absolute atomic E-state index is 0.0156. The molecule has 0 radical (unpaired) electrons. The average molecular weight is 492 g/mol. The highest BCUT2D eigenvalue weighted by atomic mass is 32.2. The van der Waals surface area contributed by atoms with Crippen LogP contribution in [0.5, 0.6) is 0 Å². The highest BCUT2D eigenvalue weighted by molar-refractivity contribution is 7.89. The van der Waals surface area contributed by atoms with E-state index >= 15 is 0 Å². The number of ether oxygens (including phenoxy) is 1. The molecular weight excluding hydrogens is 462 g/mol. The summed E-state index contributed by atoms with van der Waals surface area (Å²) in [5.41, 5.74) is 0.401. The van der Waals surface area contributed by atoms with E-state index in [4.69, 9.17) is 4.74 Å². The normalized spacial score (nSPS) is 12.4. The van der Waals surface area contributed by atoms with E-state index in [1.807, 2.05) is 0 Å². The first-order chi connectivity index (χ1) is 16.0.